The van der Waals surface area contributed by atoms with Crippen LogP contribution in [-0.4, -0.2) is 22.6 Å². The van der Waals surface area contributed by atoms with Gasteiger partial charge in [-0.05, 0) is 66.8 Å². The molecule has 1 saturated heterocycles. The van der Waals surface area contributed by atoms with Crippen molar-refractivity contribution >= 4 is 40.9 Å². The first kappa shape index (κ1) is 26.9. The second-order valence-electron chi connectivity index (χ2n) is 9.81. The van der Waals surface area contributed by atoms with E-state index < -0.39 is 5.41 Å². The van der Waals surface area contributed by atoms with E-state index in [1.165, 1.54) is 4.90 Å². The lowest BCUT2D eigenvalue weighted by molar-refractivity contribution is -0.153. The summed E-state index contributed by atoms with van der Waals surface area (Å²) in [5.74, 6) is 1.10. The van der Waals surface area contributed by atoms with Crippen LogP contribution in [0.3, 0.4) is 0 Å². The summed E-state index contributed by atoms with van der Waals surface area (Å²) in [6.45, 7) is 8.26. The summed E-state index contributed by atoms with van der Waals surface area (Å²) in [7, 11) is 0. The lowest BCUT2D eigenvalue weighted by Crippen LogP contribution is -2.56. The Morgan fingerprint density at radius 2 is 1.75 bits per heavy atom. The van der Waals surface area contributed by atoms with Gasteiger partial charge in [0, 0.05) is 32.7 Å². The van der Waals surface area contributed by atoms with Gasteiger partial charge in [-0.15, -0.1) is 18.3 Å². The first-order chi connectivity index (χ1) is 17.4. The maximum absolute atomic E-state index is 14.4. The van der Waals surface area contributed by atoms with E-state index >= 15 is 0 Å². The molecule has 0 spiro atoms. The Labute approximate surface area is 229 Å². The van der Waals surface area contributed by atoms with E-state index in [1.807, 2.05) is 36.4 Å². The van der Waals surface area contributed by atoms with Gasteiger partial charge in [0.15, 0.2) is 0 Å². The van der Waals surface area contributed by atoms with Gasteiger partial charge < -0.3 is 4.90 Å². The minimum atomic E-state index is -0.539. The third-order valence-electron chi connectivity index (χ3n) is 7.24. The summed E-state index contributed by atoms with van der Waals surface area (Å²) in [4.78, 5) is 17.8. The SMILES string of the molecule is C=CCC1(C)CC(c2cccc(Cl)c2)C(c2ccc(Cl)cc2)N(C(CC)CSc2ccccc2)C1=O. The van der Waals surface area contributed by atoms with Gasteiger partial charge in [0.2, 0.25) is 5.91 Å². The van der Waals surface area contributed by atoms with E-state index in [0.717, 1.165) is 29.7 Å². The Hall–Kier alpha value is -2.20. The largest absolute Gasteiger partial charge is 0.331 e. The van der Waals surface area contributed by atoms with E-state index in [1.54, 1.807) is 11.8 Å². The molecule has 1 aliphatic rings. The summed E-state index contributed by atoms with van der Waals surface area (Å²) in [6.07, 6.45) is 4.11. The van der Waals surface area contributed by atoms with Gasteiger partial charge in [0.05, 0.1) is 11.5 Å². The fourth-order valence-electron chi connectivity index (χ4n) is 5.39. The number of hydrogen-bond donors (Lipinski definition) is 0. The van der Waals surface area contributed by atoms with Crippen LogP contribution in [-0.2, 0) is 4.79 Å². The number of carbonyl (C=O) groups is 1. The molecule has 1 fully saturated rings. The molecule has 36 heavy (non-hydrogen) atoms. The van der Waals surface area contributed by atoms with E-state index in [2.05, 4.69) is 73.9 Å². The first-order valence-corrected chi connectivity index (χ1v) is 14.2. The van der Waals surface area contributed by atoms with E-state index in [9.17, 15) is 4.79 Å². The van der Waals surface area contributed by atoms with Gasteiger partial charge in [-0.3, -0.25) is 4.79 Å². The van der Waals surface area contributed by atoms with Crippen molar-refractivity contribution < 1.29 is 4.79 Å². The number of amides is 1. The average Bonchev–Trinajstić information content (AvgIpc) is 2.88. The highest BCUT2D eigenvalue weighted by Gasteiger charge is 2.50. The molecule has 1 amide bonds. The van der Waals surface area contributed by atoms with Gasteiger partial charge in [-0.25, -0.2) is 0 Å². The molecule has 4 unspecified atom stereocenters. The van der Waals surface area contributed by atoms with Crippen molar-refractivity contribution in [1.82, 2.24) is 4.90 Å². The fraction of sp³-hybridized carbons (Fsp3) is 0.323. The van der Waals surface area contributed by atoms with Gasteiger partial charge in [-0.2, -0.15) is 0 Å². The zero-order chi connectivity index (χ0) is 25.7. The molecule has 0 aromatic heterocycles. The first-order valence-electron chi connectivity index (χ1n) is 12.5. The third-order valence-corrected chi connectivity index (χ3v) is 8.88. The predicted molar refractivity (Wildman–Crippen MR) is 154 cm³/mol. The second-order valence-corrected chi connectivity index (χ2v) is 11.8. The molecule has 5 heteroatoms. The summed E-state index contributed by atoms with van der Waals surface area (Å²) in [5.41, 5.74) is 1.71. The Balaban J connectivity index is 1.82. The highest BCUT2D eigenvalue weighted by Crippen LogP contribution is 2.52. The van der Waals surface area contributed by atoms with Crippen molar-refractivity contribution in [3.05, 3.63) is 113 Å². The second kappa shape index (κ2) is 11.9. The molecule has 4 atom stereocenters. The smallest absolute Gasteiger partial charge is 0.229 e. The number of nitrogens with zero attached hydrogens (tertiary/aromatic N) is 1. The lowest BCUT2D eigenvalue weighted by Gasteiger charge is -2.52. The molecule has 188 valence electrons. The number of halogens is 2. The van der Waals surface area contributed by atoms with Crippen molar-refractivity contribution in [2.24, 2.45) is 5.41 Å². The molecule has 0 aliphatic carbocycles. The molecule has 0 N–H and O–H groups in total. The van der Waals surface area contributed by atoms with Crippen LogP contribution in [0.4, 0.5) is 0 Å². The molecular formula is C31H33Cl2NOS. The molecule has 0 saturated carbocycles. The molecule has 0 bridgehead atoms. The fourth-order valence-corrected chi connectivity index (χ4v) is 6.85. The molecule has 1 aliphatic heterocycles. The summed E-state index contributed by atoms with van der Waals surface area (Å²) < 4.78 is 0. The molecule has 0 radical (unpaired) electrons. The molecule has 3 aromatic carbocycles. The van der Waals surface area contributed by atoms with Crippen molar-refractivity contribution in [2.75, 3.05) is 5.75 Å². The zero-order valence-electron chi connectivity index (χ0n) is 20.9. The normalized spacial score (nSPS) is 22.9. The number of carbonyl (C=O) groups excluding carboxylic acids is 1. The number of thioether (sulfide) groups is 1. The van der Waals surface area contributed by atoms with Crippen LogP contribution in [0.15, 0.2) is 96.4 Å². The van der Waals surface area contributed by atoms with Crippen LogP contribution in [0.1, 0.15) is 56.2 Å². The van der Waals surface area contributed by atoms with Crippen molar-refractivity contribution in [1.29, 1.82) is 0 Å². The van der Waals surface area contributed by atoms with E-state index in [4.69, 9.17) is 23.2 Å². The zero-order valence-corrected chi connectivity index (χ0v) is 23.2. The van der Waals surface area contributed by atoms with Crippen LogP contribution >= 0.6 is 35.0 Å². The highest BCUT2D eigenvalue weighted by molar-refractivity contribution is 7.99. The summed E-state index contributed by atoms with van der Waals surface area (Å²) in [5, 5.41) is 1.40. The molecule has 1 heterocycles. The van der Waals surface area contributed by atoms with Crippen LogP contribution in [0, 0.1) is 5.41 Å². The standard InChI is InChI=1S/C31H33Cl2NOS/c1-4-18-31(3)20-28(23-10-9-11-25(33)19-23)29(22-14-16-24(32)17-15-22)34(30(31)35)26(5-2)21-36-27-12-7-6-8-13-27/h4,6-17,19,26,28-29H,1,5,18,20-21H2,2-3H3. The number of hydrogen-bond acceptors (Lipinski definition) is 2. The van der Waals surface area contributed by atoms with E-state index in [-0.39, 0.29) is 23.9 Å². The number of piperidine rings is 1. The van der Waals surface area contributed by atoms with Crippen LogP contribution in [0.5, 0.6) is 0 Å². The highest BCUT2D eigenvalue weighted by atomic mass is 35.5. The van der Waals surface area contributed by atoms with Crippen LogP contribution in [0.2, 0.25) is 10.0 Å². The lowest BCUT2D eigenvalue weighted by atomic mass is 9.67. The Kier molecular flexibility index (Phi) is 8.87. The predicted octanol–water partition coefficient (Wildman–Crippen LogP) is 9.20. The van der Waals surface area contributed by atoms with Crippen LogP contribution < -0.4 is 0 Å². The summed E-state index contributed by atoms with van der Waals surface area (Å²) >= 11 is 14.5. The van der Waals surface area contributed by atoms with Gasteiger partial charge >= 0.3 is 0 Å². The van der Waals surface area contributed by atoms with Gasteiger partial charge in [-0.1, -0.05) is 85.6 Å². The van der Waals surface area contributed by atoms with Gasteiger partial charge in [0.25, 0.3) is 0 Å². The Morgan fingerprint density at radius 3 is 2.39 bits per heavy atom. The Morgan fingerprint density at radius 1 is 1.03 bits per heavy atom. The summed E-state index contributed by atoms with van der Waals surface area (Å²) in [6, 6.07) is 26.4. The minimum Gasteiger partial charge on any atom is -0.331 e. The quantitative estimate of drug-likeness (QED) is 0.200. The van der Waals surface area contributed by atoms with Crippen molar-refractivity contribution in [2.45, 2.75) is 56.0 Å². The monoisotopic (exact) mass is 537 g/mol. The topological polar surface area (TPSA) is 20.3 Å². The average molecular weight is 539 g/mol. The number of benzene rings is 3. The van der Waals surface area contributed by atoms with Crippen molar-refractivity contribution in [3.63, 3.8) is 0 Å². The maximum atomic E-state index is 14.4. The van der Waals surface area contributed by atoms with Gasteiger partial charge in [0.1, 0.15) is 0 Å². The Bertz CT molecular complexity index is 1180. The third kappa shape index (κ3) is 5.85. The molecule has 4 rings (SSSR count). The minimum absolute atomic E-state index is 0.0644. The number of allylic oxidation sites excluding steroid dienone is 1. The van der Waals surface area contributed by atoms with Crippen LogP contribution in [0.25, 0.3) is 0 Å². The molecular weight excluding hydrogens is 505 g/mol. The molecule has 3 aromatic rings. The maximum Gasteiger partial charge on any atom is 0.229 e. The van der Waals surface area contributed by atoms with E-state index in [0.29, 0.717) is 16.5 Å². The number of likely N-dealkylation sites (tertiary alicyclic amines) is 1. The number of rotatable bonds is 9. The van der Waals surface area contributed by atoms with Crippen molar-refractivity contribution in [3.8, 4) is 0 Å². The molecule has 2 nitrogen and oxygen atoms in total.